The Labute approximate surface area is 74.1 Å². The van der Waals surface area contributed by atoms with Crippen molar-refractivity contribution in [2.45, 2.75) is 20.8 Å². The van der Waals surface area contributed by atoms with E-state index >= 15 is 0 Å². The van der Waals surface area contributed by atoms with Gasteiger partial charge in [-0.3, -0.25) is 0 Å². The lowest BCUT2D eigenvalue weighted by Gasteiger charge is -2.11. The molecular weight excluding hydrogens is 146 g/mol. The molecule has 0 aromatic heterocycles. The van der Waals surface area contributed by atoms with Crippen molar-refractivity contribution in [3.8, 4) is 0 Å². The zero-order valence-corrected chi connectivity index (χ0v) is 7.94. The van der Waals surface area contributed by atoms with Gasteiger partial charge in [0.2, 0.25) is 0 Å². The Bertz CT molecular complexity index is 280. The first-order valence-corrected chi connectivity index (χ1v) is 4.10. The third-order valence-electron chi connectivity index (χ3n) is 1.82. The SMILES string of the molecule is C=C(C)Nc1c(C)cccc1C. The summed E-state index contributed by atoms with van der Waals surface area (Å²) in [4.78, 5) is 0. The number of hydrogen-bond acceptors (Lipinski definition) is 1. The van der Waals surface area contributed by atoms with Crippen LogP contribution >= 0.6 is 0 Å². The Balaban J connectivity index is 3.04. The van der Waals surface area contributed by atoms with Crippen LogP contribution in [0.25, 0.3) is 0 Å². The largest absolute Gasteiger partial charge is 0.359 e. The zero-order chi connectivity index (χ0) is 9.14. The monoisotopic (exact) mass is 161 g/mol. The third-order valence-corrected chi connectivity index (χ3v) is 1.82. The zero-order valence-electron chi connectivity index (χ0n) is 7.94. The molecule has 0 saturated carbocycles. The predicted octanol–water partition coefficient (Wildman–Crippen LogP) is 3.25. The lowest BCUT2D eigenvalue weighted by Crippen LogP contribution is -1.98. The second kappa shape index (κ2) is 3.44. The van der Waals surface area contributed by atoms with Crippen molar-refractivity contribution in [2.24, 2.45) is 0 Å². The van der Waals surface area contributed by atoms with Crippen molar-refractivity contribution in [3.05, 3.63) is 41.6 Å². The predicted molar refractivity (Wildman–Crippen MR) is 54.4 cm³/mol. The lowest BCUT2D eigenvalue weighted by atomic mass is 10.1. The van der Waals surface area contributed by atoms with Gasteiger partial charge in [0.05, 0.1) is 0 Å². The molecule has 0 aliphatic heterocycles. The molecule has 1 N–H and O–H groups in total. The van der Waals surface area contributed by atoms with Gasteiger partial charge in [-0.25, -0.2) is 0 Å². The molecule has 0 radical (unpaired) electrons. The molecule has 0 aliphatic carbocycles. The third kappa shape index (κ3) is 1.88. The fraction of sp³-hybridized carbons (Fsp3) is 0.273. The molecule has 1 aromatic carbocycles. The van der Waals surface area contributed by atoms with Gasteiger partial charge in [0.25, 0.3) is 0 Å². The summed E-state index contributed by atoms with van der Waals surface area (Å²) >= 11 is 0. The fourth-order valence-corrected chi connectivity index (χ4v) is 1.23. The molecule has 0 fully saturated rings. The van der Waals surface area contributed by atoms with Gasteiger partial charge in [-0.15, -0.1) is 0 Å². The van der Waals surface area contributed by atoms with Gasteiger partial charge in [-0.2, -0.15) is 0 Å². The summed E-state index contributed by atoms with van der Waals surface area (Å²) in [5.41, 5.74) is 4.69. The Morgan fingerprint density at radius 3 is 2.17 bits per heavy atom. The first kappa shape index (κ1) is 8.85. The molecule has 1 aromatic rings. The number of allylic oxidation sites excluding steroid dienone is 1. The molecule has 0 bridgehead atoms. The number of aryl methyl sites for hydroxylation is 2. The van der Waals surface area contributed by atoms with Crippen molar-refractivity contribution in [3.63, 3.8) is 0 Å². The average molecular weight is 161 g/mol. The van der Waals surface area contributed by atoms with E-state index in [0.717, 1.165) is 5.70 Å². The van der Waals surface area contributed by atoms with Crippen LogP contribution in [0.2, 0.25) is 0 Å². The minimum atomic E-state index is 0.979. The van der Waals surface area contributed by atoms with E-state index < -0.39 is 0 Å². The molecule has 0 unspecified atom stereocenters. The standard InChI is InChI=1S/C11H15N/c1-8(2)12-11-9(3)6-5-7-10(11)4/h5-7,12H,1H2,2-4H3. The van der Waals surface area contributed by atoms with Gasteiger partial charge in [0.15, 0.2) is 0 Å². The maximum atomic E-state index is 3.82. The van der Waals surface area contributed by atoms with Crippen LogP contribution in [0, 0.1) is 13.8 Å². The lowest BCUT2D eigenvalue weighted by molar-refractivity contribution is 1.31. The Kier molecular flexibility index (Phi) is 2.54. The fourth-order valence-electron chi connectivity index (χ4n) is 1.23. The van der Waals surface area contributed by atoms with Crippen LogP contribution in [0.15, 0.2) is 30.5 Å². The van der Waals surface area contributed by atoms with Crippen LogP contribution in [0.3, 0.4) is 0 Å². The molecule has 0 aliphatic rings. The number of nitrogens with one attached hydrogen (secondary N) is 1. The highest BCUT2D eigenvalue weighted by Gasteiger charge is 1.99. The molecule has 0 saturated heterocycles. The van der Waals surface area contributed by atoms with Crippen LogP contribution in [0.5, 0.6) is 0 Å². The van der Waals surface area contributed by atoms with Gasteiger partial charge in [-0.1, -0.05) is 24.8 Å². The number of rotatable bonds is 2. The van der Waals surface area contributed by atoms with E-state index in [1.165, 1.54) is 16.8 Å². The minimum Gasteiger partial charge on any atom is -0.359 e. The van der Waals surface area contributed by atoms with Gasteiger partial charge in [-0.05, 0) is 31.9 Å². The summed E-state index contributed by atoms with van der Waals surface area (Å²) in [6.07, 6.45) is 0. The van der Waals surface area contributed by atoms with E-state index in [4.69, 9.17) is 0 Å². The number of para-hydroxylation sites is 1. The minimum absolute atomic E-state index is 0.979. The topological polar surface area (TPSA) is 12.0 Å². The van der Waals surface area contributed by atoms with Crippen LogP contribution in [0.1, 0.15) is 18.1 Å². The molecule has 1 rings (SSSR count). The van der Waals surface area contributed by atoms with E-state index in [9.17, 15) is 0 Å². The quantitative estimate of drug-likeness (QED) is 0.702. The molecule has 0 amide bonds. The smallest absolute Gasteiger partial charge is 0.0440 e. The average Bonchev–Trinajstić information content (AvgIpc) is 1.97. The molecule has 0 spiro atoms. The van der Waals surface area contributed by atoms with E-state index in [0.29, 0.717) is 0 Å². The second-order valence-corrected chi connectivity index (χ2v) is 3.17. The summed E-state index contributed by atoms with van der Waals surface area (Å²) in [7, 11) is 0. The second-order valence-electron chi connectivity index (χ2n) is 3.17. The number of hydrogen-bond donors (Lipinski definition) is 1. The first-order chi connectivity index (χ1) is 5.61. The van der Waals surface area contributed by atoms with Crippen LogP contribution in [0.4, 0.5) is 5.69 Å². The highest BCUT2D eigenvalue weighted by Crippen LogP contribution is 2.20. The van der Waals surface area contributed by atoms with Gasteiger partial charge < -0.3 is 5.32 Å². The van der Waals surface area contributed by atoms with Gasteiger partial charge in [0.1, 0.15) is 0 Å². The van der Waals surface area contributed by atoms with Crippen molar-refractivity contribution in [1.29, 1.82) is 0 Å². The summed E-state index contributed by atoms with van der Waals surface area (Å²) in [5.74, 6) is 0. The van der Waals surface area contributed by atoms with Gasteiger partial charge >= 0.3 is 0 Å². The van der Waals surface area contributed by atoms with Crippen molar-refractivity contribution < 1.29 is 0 Å². The molecular formula is C11H15N. The normalized spacial score (nSPS) is 9.58. The number of anilines is 1. The maximum absolute atomic E-state index is 3.82. The van der Waals surface area contributed by atoms with Crippen LogP contribution in [-0.2, 0) is 0 Å². The molecule has 1 nitrogen and oxygen atoms in total. The Morgan fingerprint density at radius 1 is 1.25 bits per heavy atom. The summed E-state index contributed by atoms with van der Waals surface area (Å²) in [6.45, 7) is 9.98. The first-order valence-electron chi connectivity index (χ1n) is 4.10. The summed E-state index contributed by atoms with van der Waals surface area (Å²) in [5, 5.41) is 3.25. The molecule has 12 heavy (non-hydrogen) atoms. The highest BCUT2D eigenvalue weighted by molar-refractivity contribution is 5.59. The van der Waals surface area contributed by atoms with E-state index in [1.807, 2.05) is 6.92 Å². The number of benzene rings is 1. The molecule has 1 heteroatoms. The summed E-state index contributed by atoms with van der Waals surface area (Å²) < 4.78 is 0. The van der Waals surface area contributed by atoms with E-state index in [2.05, 4.69) is 43.9 Å². The summed E-state index contributed by atoms with van der Waals surface area (Å²) in [6, 6.07) is 6.25. The van der Waals surface area contributed by atoms with Gasteiger partial charge in [0, 0.05) is 11.4 Å². The molecule has 0 atom stereocenters. The van der Waals surface area contributed by atoms with Crippen molar-refractivity contribution in [1.82, 2.24) is 0 Å². The van der Waals surface area contributed by atoms with Crippen molar-refractivity contribution >= 4 is 5.69 Å². The highest BCUT2D eigenvalue weighted by atomic mass is 14.9. The van der Waals surface area contributed by atoms with Crippen molar-refractivity contribution in [2.75, 3.05) is 5.32 Å². The Hall–Kier alpha value is -1.24. The maximum Gasteiger partial charge on any atom is 0.0440 e. The van der Waals surface area contributed by atoms with Crippen LogP contribution in [-0.4, -0.2) is 0 Å². The van der Waals surface area contributed by atoms with E-state index in [1.54, 1.807) is 0 Å². The molecule has 64 valence electrons. The Morgan fingerprint density at radius 2 is 1.75 bits per heavy atom. The molecule has 0 heterocycles. The van der Waals surface area contributed by atoms with Crippen LogP contribution < -0.4 is 5.32 Å². The van der Waals surface area contributed by atoms with E-state index in [-0.39, 0.29) is 0 Å².